The van der Waals surface area contributed by atoms with Gasteiger partial charge in [0, 0.05) is 42.8 Å². The fourth-order valence-corrected chi connectivity index (χ4v) is 8.40. The fraction of sp³-hybridized carbons (Fsp3) is 0.343. The molecule has 294 valence electrons. The van der Waals surface area contributed by atoms with Crippen LogP contribution < -0.4 is 10.0 Å². The molecule has 6 aromatic rings. The topological polar surface area (TPSA) is 162 Å². The molecule has 2 aliphatic carbocycles. The zero-order chi connectivity index (χ0) is 40.0. The third-order valence-corrected chi connectivity index (χ3v) is 10.7. The number of imidazole rings is 1. The van der Waals surface area contributed by atoms with E-state index in [9.17, 15) is 30.8 Å². The average Bonchev–Trinajstić information content (AvgIpc) is 3.37. The summed E-state index contributed by atoms with van der Waals surface area (Å²) >= 11 is 6.60. The highest BCUT2D eigenvalue weighted by molar-refractivity contribution is 7.92. The molecule has 0 aliphatic heterocycles. The molecule has 3 N–H and O–H groups in total. The second-order valence-corrected chi connectivity index (χ2v) is 16.0. The summed E-state index contributed by atoms with van der Waals surface area (Å²) in [5, 5.41) is 11.2. The number of fused-ring (bicyclic) bond motifs is 5. The van der Waals surface area contributed by atoms with Crippen molar-refractivity contribution in [3.8, 4) is 11.1 Å². The average molecular weight is 822 g/mol. The normalized spacial score (nSPS) is 17.8. The molecule has 1 saturated carbocycles. The number of aromatic nitrogens is 7. The Hall–Kier alpha value is -5.21. The maximum Gasteiger partial charge on any atom is 0.293 e. The first-order valence-corrected chi connectivity index (χ1v) is 19.2. The minimum absolute atomic E-state index is 0.0283. The van der Waals surface area contributed by atoms with Gasteiger partial charge in [0.25, 0.3) is 12.3 Å². The van der Waals surface area contributed by atoms with Gasteiger partial charge in [0.05, 0.1) is 39.4 Å². The Morgan fingerprint density at radius 1 is 1.09 bits per heavy atom. The number of halogens is 7. The van der Waals surface area contributed by atoms with Gasteiger partial charge < -0.3 is 15.0 Å². The molecule has 2 aliphatic rings. The highest BCUT2D eigenvalue weighted by Gasteiger charge is 2.67. The number of aryl methyl sites for hydroxylation is 1. The molecule has 0 bridgehead atoms. The second-order valence-electron chi connectivity index (χ2n) is 13.9. The largest absolute Gasteiger partial charge is 0.377 e. The number of aromatic amines is 1. The lowest BCUT2D eigenvalue weighted by Gasteiger charge is -2.23. The van der Waals surface area contributed by atoms with E-state index < -0.39 is 75.7 Å². The van der Waals surface area contributed by atoms with Crippen LogP contribution in [0.25, 0.3) is 33.2 Å². The minimum atomic E-state index is -3.83. The molecule has 1 amide bonds. The number of carbonyl (C=O) groups excluding carboxylic acids is 1. The van der Waals surface area contributed by atoms with Gasteiger partial charge in [0.2, 0.25) is 15.9 Å². The summed E-state index contributed by atoms with van der Waals surface area (Å²) in [5.41, 5.74) is -0.165. The number of sulfonamides is 1. The summed E-state index contributed by atoms with van der Waals surface area (Å²) in [6.45, 7) is -0.845. The van der Waals surface area contributed by atoms with E-state index in [2.05, 4.69) is 30.2 Å². The zero-order valence-corrected chi connectivity index (χ0v) is 31.0. The van der Waals surface area contributed by atoms with Gasteiger partial charge in [-0.25, -0.2) is 35.9 Å². The molecular formula is C35H30ClF6N9O4S. The Morgan fingerprint density at radius 2 is 1.82 bits per heavy atom. The Kier molecular flexibility index (Phi) is 9.07. The van der Waals surface area contributed by atoms with E-state index in [-0.39, 0.29) is 63.7 Å². The predicted molar refractivity (Wildman–Crippen MR) is 191 cm³/mol. The summed E-state index contributed by atoms with van der Waals surface area (Å²) in [6, 6.07) is 6.18. The number of ether oxygens (including phenoxy) is 1. The summed E-state index contributed by atoms with van der Waals surface area (Å²) in [6.07, 6.45) is -2.51. The van der Waals surface area contributed by atoms with E-state index in [4.69, 9.17) is 21.3 Å². The predicted octanol–water partition coefficient (Wildman–Crippen LogP) is 6.40. The van der Waals surface area contributed by atoms with Gasteiger partial charge in [-0.3, -0.25) is 18.9 Å². The lowest BCUT2D eigenvalue weighted by atomic mass is 9.94. The molecule has 56 heavy (non-hydrogen) atoms. The van der Waals surface area contributed by atoms with Gasteiger partial charge in [-0.15, -0.1) is 0 Å². The molecule has 0 unspecified atom stereocenters. The Morgan fingerprint density at radius 3 is 2.50 bits per heavy atom. The molecular weight excluding hydrogens is 792 g/mol. The number of nitrogens with one attached hydrogen (secondary N) is 3. The Bertz CT molecular complexity index is 2680. The molecule has 3 atom stereocenters. The highest BCUT2D eigenvalue weighted by Crippen LogP contribution is 2.68. The first-order chi connectivity index (χ1) is 26.4. The van der Waals surface area contributed by atoms with Crippen molar-refractivity contribution >= 4 is 55.4 Å². The van der Waals surface area contributed by atoms with Crippen LogP contribution in [0.3, 0.4) is 0 Å². The van der Waals surface area contributed by atoms with E-state index in [0.29, 0.717) is 33.2 Å². The number of hydrogen-bond acceptors (Lipinski definition) is 8. The van der Waals surface area contributed by atoms with Gasteiger partial charge in [-0.2, -0.15) is 19.0 Å². The number of anilines is 1. The second kappa shape index (κ2) is 13.5. The number of alkyl halides is 4. The number of hydrogen-bond donors (Lipinski definition) is 3. The molecule has 1 fully saturated rings. The van der Waals surface area contributed by atoms with Crippen molar-refractivity contribution in [2.75, 3.05) is 18.1 Å². The maximum absolute atomic E-state index is 15.4. The van der Waals surface area contributed by atoms with E-state index in [1.54, 1.807) is 19.2 Å². The van der Waals surface area contributed by atoms with Crippen molar-refractivity contribution in [2.24, 2.45) is 13.0 Å². The van der Waals surface area contributed by atoms with Gasteiger partial charge in [-0.05, 0) is 48.6 Å². The minimum Gasteiger partial charge on any atom is -0.377 e. The van der Waals surface area contributed by atoms with E-state index in [0.717, 1.165) is 18.4 Å². The van der Waals surface area contributed by atoms with Crippen LogP contribution in [-0.2, 0) is 52.1 Å². The standard InChI is InChI=1S/C35H30ClF6N9O4S/c1-50-30-17(4-5-21(36)27(30)34(48-50)49-56(3,53)54)18-11-23-33(45-24(43-23)13-55-2)46-28(18)22(8-14-6-15(37)9-16(38)7-14)44-25(52)12-51-31-26(29(47-51)32(39)40)19-10-20(19)35(31,41)42/h4-7,9,11,19-20,22,32H,8,10,12-13H2,1-3H3,(H,44,52)(H,48,49)(H,43,45,46)/t19-,20+,22-/m0/s1. The van der Waals surface area contributed by atoms with Crippen LogP contribution >= 0.6 is 11.6 Å². The van der Waals surface area contributed by atoms with Gasteiger partial charge >= 0.3 is 0 Å². The summed E-state index contributed by atoms with van der Waals surface area (Å²) in [5.74, 6) is -7.95. The number of rotatable bonds is 12. The fourth-order valence-electron chi connectivity index (χ4n) is 7.67. The van der Waals surface area contributed by atoms with Crippen molar-refractivity contribution in [1.29, 1.82) is 0 Å². The number of benzene rings is 2. The van der Waals surface area contributed by atoms with Crippen LogP contribution in [0.15, 0.2) is 36.4 Å². The van der Waals surface area contributed by atoms with Crippen LogP contribution in [0.4, 0.5) is 32.2 Å². The molecule has 8 rings (SSSR count). The first-order valence-electron chi connectivity index (χ1n) is 17.0. The summed E-state index contributed by atoms with van der Waals surface area (Å²) < 4.78 is 122. The SMILES string of the molecule is COCc1nc2nc([C@H](Cc3cc(F)cc(F)c3)NC(=O)Cn3nc(C(F)F)c4c3C(F)(F)[C@@H]3C[C@H]43)c(-c3ccc(Cl)c4c(NS(C)(=O)=O)nn(C)c34)cc2[nH]1. The summed E-state index contributed by atoms with van der Waals surface area (Å²) in [4.78, 5) is 26.3. The van der Waals surface area contributed by atoms with Crippen molar-refractivity contribution in [2.45, 2.75) is 50.3 Å². The van der Waals surface area contributed by atoms with E-state index in [1.165, 1.54) is 17.9 Å². The van der Waals surface area contributed by atoms with Crippen molar-refractivity contribution < 1.29 is 44.3 Å². The molecule has 2 aromatic carbocycles. The number of amides is 1. The van der Waals surface area contributed by atoms with Gasteiger partial charge in [0.15, 0.2) is 11.5 Å². The molecule has 0 saturated heterocycles. The number of carbonyl (C=O) groups is 1. The molecule has 13 nitrogen and oxygen atoms in total. The maximum atomic E-state index is 15.4. The van der Waals surface area contributed by atoms with E-state index >= 15 is 8.78 Å². The zero-order valence-electron chi connectivity index (χ0n) is 29.5. The van der Waals surface area contributed by atoms with Gasteiger partial charge in [0.1, 0.15) is 42.0 Å². The Labute approximate surface area is 318 Å². The lowest BCUT2D eigenvalue weighted by molar-refractivity contribution is -0.123. The van der Waals surface area contributed by atoms with Crippen LogP contribution in [0.2, 0.25) is 5.02 Å². The number of methoxy groups -OCH3 is 1. The van der Waals surface area contributed by atoms with Crippen LogP contribution in [0.5, 0.6) is 0 Å². The van der Waals surface area contributed by atoms with E-state index in [1.807, 2.05) is 0 Å². The third kappa shape index (κ3) is 6.61. The van der Waals surface area contributed by atoms with Crippen LogP contribution in [0.1, 0.15) is 58.8 Å². The Balaban J connectivity index is 1.29. The lowest BCUT2D eigenvalue weighted by Crippen LogP contribution is -2.35. The molecule has 4 aromatic heterocycles. The molecule has 4 heterocycles. The quantitative estimate of drug-likeness (QED) is 0.120. The van der Waals surface area contributed by atoms with Crippen LogP contribution in [-0.4, -0.2) is 62.2 Å². The van der Waals surface area contributed by atoms with Gasteiger partial charge in [-0.1, -0.05) is 17.7 Å². The number of nitrogens with zero attached hydrogens (tertiary/aromatic N) is 6. The number of pyridine rings is 1. The molecule has 21 heteroatoms. The third-order valence-electron chi connectivity index (χ3n) is 9.83. The van der Waals surface area contributed by atoms with Crippen molar-refractivity contribution in [3.63, 3.8) is 0 Å². The van der Waals surface area contributed by atoms with Crippen molar-refractivity contribution in [3.05, 3.63) is 87.1 Å². The number of H-pyrrole nitrogens is 1. The molecule has 0 spiro atoms. The molecule has 0 radical (unpaired) electrons. The van der Waals surface area contributed by atoms with Crippen molar-refractivity contribution in [1.82, 2.24) is 39.8 Å². The van der Waals surface area contributed by atoms with Crippen LogP contribution in [0, 0.1) is 17.6 Å². The smallest absolute Gasteiger partial charge is 0.293 e. The highest BCUT2D eigenvalue weighted by atomic mass is 35.5. The monoisotopic (exact) mass is 821 g/mol. The summed E-state index contributed by atoms with van der Waals surface area (Å²) in [7, 11) is -0.832. The first kappa shape index (κ1) is 37.7.